The summed E-state index contributed by atoms with van der Waals surface area (Å²) in [4.78, 5) is 0. The van der Waals surface area contributed by atoms with E-state index in [2.05, 4.69) is 36.6 Å². The van der Waals surface area contributed by atoms with Crippen molar-refractivity contribution < 1.29 is 10.2 Å². The van der Waals surface area contributed by atoms with Crippen LogP contribution in [0.15, 0.2) is 30.3 Å². The summed E-state index contributed by atoms with van der Waals surface area (Å²) >= 11 is 0. The Morgan fingerprint density at radius 2 is 1.65 bits per heavy atom. The van der Waals surface area contributed by atoms with Crippen molar-refractivity contribution in [3.05, 3.63) is 58.1 Å². The average Bonchev–Trinajstić information content (AvgIpc) is 3.06. The van der Waals surface area contributed by atoms with Crippen LogP contribution >= 0.6 is 0 Å². The van der Waals surface area contributed by atoms with Gasteiger partial charge >= 0.3 is 0 Å². The zero-order chi connectivity index (χ0) is 18.7. The fraction of sp³-hybridized carbons (Fsp3) is 0.455. The number of aryl methyl sites for hydroxylation is 2. The van der Waals surface area contributed by atoms with Crippen molar-refractivity contribution in [1.82, 2.24) is 5.32 Å². The molecule has 0 aliphatic heterocycles. The summed E-state index contributed by atoms with van der Waals surface area (Å²) < 4.78 is 0. The Bertz CT molecular complexity index is 740. The number of aliphatic hydroxyl groups excluding tert-OH is 1. The van der Waals surface area contributed by atoms with Crippen LogP contribution in [0.5, 0.6) is 5.75 Å². The summed E-state index contributed by atoms with van der Waals surface area (Å²) in [7, 11) is 1.76. The number of fused-ring (bicyclic) bond motifs is 1. The molecular weight excluding hydrogens is 324 g/mol. The van der Waals surface area contributed by atoms with Gasteiger partial charge in [-0.2, -0.15) is 0 Å². The van der Waals surface area contributed by atoms with E-state index in [0.717, 1.165) is 31.2 Å². The van der Waals surface area contributed by atoms with Crippen molar-refractivity contribution in [3.63, 3.8) is 0 Å². The smallest absolute Gasteiger partial charge is 0.138 e. The molecule has 1 aliphatic rings. The summed E-state index contributed by atoms with van der Waals surface area (Å²) in [5.74, 6) is 0.195. The molecule has 4 N–H and O–H groups in total. The normalized spacial score (nSPS) is 15.1. The third kappa shape index (κ3) is 3.87. The van der Waals surface area contributed by atoms with Gasteiger partial charge in [0, 0.05) is 19.6 Å². The van der Waals surface area contributed by atoms with Crippen molar-refractivity contribution in [2.45, 2.75) is 51.7 Å². The minimum atomic E-state index is -0.594. The lowest BCUT2D eigenvalue weighted by Gasteiger charge is -2.17. The first kappa shape index (κ1) is 18.7. The van der Waals surface area contributed by atoms with Crippen LogP contribution in [-0.2, 0) is 25.7 Å². The van der Waals surface area contributed by atoms with Gasteiger partial charge in [0.25, 0.3) is 0 Å². The van der Waals surface area contributed by atoms with Crippen LogP contribution in [-0.4, -0.2) is 29.8 Å². The fourth-order valence-electron chi connectivity index (χ4n) is 3.93. The van der Waals surface area contributed by atoms with Gasteiger partial charge in [-0.1, -0.05) is 32.0 Å². The lowest BCUT2D eigenvalue weighted by atomic mass is 9.97. The highest BCUT2D eigenvalue weighted by Gasteiger charge is 2.23. The van der Waals surface area contributed by atoms with Crippen LogP contribution in [0.4, 0.5) is 5.69 Å². The molecule has 0 spiro atoms. The maximum atomic E-state index is 10.5. The van der Waals surface area contributed by atoms with Gasteiger partial charge in [-0.3, -0.25) is 0 Å². The minimum absolute atomic E-state index is 0.195. The van der Waals surface area contributed by atoms with E-state index in [4.69, 9.17) is 0 Å². The Labute approximate surface area is 156 Å². The molecule has 0 radical (unpaired) electrons. The fourth-order valence-corrected chi connectivity index (χ4v) is 3.93. The number of aromatic hydroxyl groups is 1. The number of hydrogen-bond donors (Lipinski definition) is 4. The predicted molar refractivity (Wildman–Crippen MR) is 107 cm³/mol. The minimum Gasteiger partial charge on any atom is -0.506 e. The van der Waals surface area contributed by atoms with Crippen LogP contribution in [0.3, 0.4) is 0 Å². The quantitative estimate of drug-likeness (QED) is 0.576. The number of nitrogens with one attached hydrogen (secondary N) is 2. The Morgan fingerprint density at radius 3 is 2.19 bits per heavy atom. The molecule has 0 heterocycles. The Hall–Kier alpha value is -2.04. The summed E-state index contributed by atoms with van der Waals surface area (Å²) in [5, 5.41) is 26.7. The Kier molecular flexibility index (Phi) is 5.84. The third-order valence-corrected chi connectivity index (χ3v) is 5.49. The molecular formula is C22H30N2O2. The highest BCUT2D eigenvalue weighted by Crippen LogP contribution is 2.28. The number of aliphatic hydroxyl groups is 1. The maximum absolute atomic E-state index is 10.5. The lowest BCUT2D eigenvalue weighted by Crippen LogP contribution is -2.33. The average molecular weight is 354 g/mol. The van der Waals surface area contributed by atoms with Crippen molar-refractivity contribution in [1.29, 1.82) is 0 Å². The first-order valence-corrected chi connectivity index (χ1v) is 9.61. The van der Waals surface area contributed by atoms with E-state index < -0.39 is 6.10 Å². The van der Waals surface area contributed by atoms with Crippen LogP contribution < -0.4 is 10.6 Å². The highest BCUT2D eigenvalue weighted by atomic mass is 16.3. The Morgan fingerprint density at radius 1 is 1.04 bits per heavy atom. The molecule has 4 heteroatoms. The first-order chi connectivity index (χ1) is 12.5. The molecule has 0 saturated carbocycles. The van der Waals surface area contributed by atoms with E-state index in [1.54, 1.807) is 25.2 Å². The molecule has 0 bridgehead atoms. The molecule has 1 atom stereocenters. The molecule has 1 aliphatic carbocycles. The van der Waals surface area contributed by atoms with E-state index in [0.29, 0.717) is 18.3 Å². The van der Waals surface area contributed by atoms with E-state index >= 15 is 0 Å². The Balaban J connectivity index is 1.62. The van der Waals surface area contributed by atoms with Crippen molar-refractivity contribution >= 4 is 5.69 Å². The molecule has 3 rings (SSSR count). The van der Waals surface area contributed by atoms with Gasteiger partial charge in [-0.25, -0.2) is 0 Å². The number of phenolic OH excluding ortho intramolecular Hbond substituents is 1. The molecule has 0 saturated heterocycles. The van der Waals surface area contributed by atoms with Crippen LogP contribution in [0.2, 0.25) is 0 Å². The van der Waals surface area contributed by atoms with Crippen molar-refractivity contribution in [2.24, 2.45) is 0 Å². The molecule has 0 amide bonds. The van der Waals surface area contributed by atoms with Gasteiger partial charge in [0.05, 0.1) is 11.8 Å². The van der Waals surface area contributed by atoms with Crippen LogP contribution in [0.1, 0.15) is 47.8 Å². The van der Waals surface area contributed by atoms with Gasteiger partial charge in [-0.05, 0) is 65.6 Å². The number of anilines is 1. The van der Waals surface area contributed by atoms with Gasteiger partial charge in [0.1, 0.15) is 5.75 Å². The van der Waals surface area contributed by atoms with Gasteiger partial charge in [0.15, 0.2) is 0 Å². The SMILES string of the molecule is CCc1cc2c(cc1CC)CC(NC[C@H](O)c1ccc(O)c(NC)c1)C2. The highest BCUT2D eigenvalue weighted by molar-refractivity contribution is 5.57. The molecule has 0 unspecified atom stereocenters. The van der Waals surface area contributed by atoms with E-state index in [1.807, 2.05) is 0 Å². The molecule has 0 fully saturated rings. The van der Waals surface area contributed by atoms with E-state index in [9.17, 15) is 10.2 Å². The lowest BCUT2D eigenvalue weighted by molar-refractivity contribution is 0.170. The van der Waals surface area contributed by atoms with Crippen molar-refractivity contribution in [3.8, 4) is 5.75 Å². The first-order valence-electron chi connectivity index (χ1n) is 9.61. The monoisotopic (exact) mass is 354 g/mol. The number of hydrogen-bond acceptors (Lipinski definition) is 4. The summed E-state index contributed by atoms with van der Waals surface area (Å²) in [5.41, 5.74) is 7.28. The zero-order valence-corrected chi connectivity index (χ0v) is 16.0. The molecule has 2 aromatic carbocycles. The molecule has 0 aromatic heterocycles. The topological polar surface area (TPSA) is 64.5 Å². The van der Waals surface area contributed by atoms with Gasteiger partial charge in [-0.15, -0.1) is 0 Å². The predicted octanol–water partition coefficient (Wildman–Crippen LogP) is 3.35. The van der Waals surface area contributed by atoms with Gasteiger partial charge in [0.2, 0.25) is 0 Å². The zero-order valence-electron chi connectivity index (χ0n) is 16.0. The maximum Gasteiger partial charge on any atom is 0.138 e. The standard InChI is InChI=1S/C22H30N2O2/c1-4-14-8-17-10-19(11-18(17)9-15(14)5-2)24-13-22(26)16-6-7-21(25)20(12-16)23-3/h6-9,12,19,22-26H,4-5,10-11,13H2,1-3H3/t22-/m0/s1. The van der Waals surface area contributed by atoms with E-state index in [1.165, 1.54) is 22.3 Å². The molecule has 4 nitrogen and oxygen atoms in total. The summed E-state index contributed by atoms with van der Waals surface area (Å²) in [6.07, 6.45) is 3.63. The van der Waals surface area contributed by atoms with Gasteiger partial charge < -0.3 is 20.8 Å². The third-order valence-electron chi connectivity index (χ3n) is 5.49. The molecule has 140 valence electrons. The summed E-state index contributed by atoms with van der Waals surface area (Å²) in [6, 6.07) is 10.3. The second-order valence-corrected chi connectivity index (χ2v) is 7.15. The summed E-state index contributed by atoms with van der Waals surface area (Å²) in [6.45, 7) is 4.95. The van der Waals surface area contributed by atoms with Crippen LogP contribution in [0.25, 0.3) is 0 Å². The number of rotatable bonds is 7. The van der Waals surface area contributed by atoms with E-state index in [-0.39, 0.29) is 5.75 Å². The van der Waals surface area contributed by atoms with Crippen LogP contribution in [0, 0.1) is 0 Å². The second kappa shape index (κ2) is 8.11. The van der Waals surface area contributed by atoms with Crippen molar-refractivity contribution in [2.75, 3.05) is 18.9 Å². The second-order valence-electron chi connectivity index (χ2n) is 7.15. The molecule has 2 aromatic rings. The molecule has 26 heavy (non-hydrogen) atoms. The largest absolute Gasteiger partial charge is 0.506 e. The number of phenols is 1. The number of benzene rings is 2.